The van der Waals surface area contributed by atoms with Gasteiger partial charge in [-0.3, -0.25) is 9.59 Å². The van der Waals surface area contributed by atoms with Crippen LogP contribution in [0.5, 0.6) is 0 Å². The summed E-state index contributed by atoms with van der Waals surface area (Å²) in [7, 11) is 1.86. The minimum atomic E-state index is -0.136. The van der Waals surface area contributed by atoms with Crippen molar-refractivity contribution in [2.75, 3.05) is 26.7 Å². The predicted octanol–water partition coefficient (Wildman–Crippen LogP) is 2.17. The lowest BCUT2D eigenvalue weighted by Crippen LogP contribution is -2.44. The highest BCUT2D eigenvalue weighted by molar-refractivity contribution is 5.98. The van der Waals surface area contributed by atoms with Crippen LogP contribution in [0.3, 0.4) is 0 Å². The quantitative estimate of drug-likeness (QED) is 0.878. The van der Waals surface area contributed by atoms with E-state index in [1.807, 2.05) is 54.4 Å². The molecule has 1 heterocycles. The average molecular weight is 339 g/mol. The molecular weight excluding hydrogens is 314 g/mol. The zero-order valence-electron chi connectivity index (χ0n) is 14.6. The van der Waals surface area contributed by atoms with Crippen molar-refractivity contribution in [2.45, 2.75) is 25.3 Å². The second-order valence-corrected chi connectivity index (χ2v) is 6.55. The summed E-state index contributed by atoms with van der Waals surface area (Å²) in [6.45, 7) is 2.28. The van der Waals surface area contributed by atoms with Gasteiger partial charge >= 0.3 is 0 Å². The van der Waals surface area contributed by atoms with E-state index in [1.165, 1.54) is 0 Å². The van der Waals surface area contributed by atoms with E-state index in [0.717, 1.165) is 36.7 Å². The smallest absolute Gasteiger partial charge is 0.251 e. The van der Waals surface area contributed by atoms with Crippen LogP contribution in [0.15, 0.2) is 42.5 Å². The molecule has 2 N–H and O–H groups in total. The van der Waals surface area contributed by atoms with Gasteiger partial charge in [0.25, 0.3) is 5.91 Å². The van der Waals surface area contributed by atoms with Crippen LogP contribution >= 0.6 is 0 Å². The van der Waals surface area contributed by atoms with Gasteiger partial charge in [-0.15, -0.1) is 0 Å². The Kier molecular flexibility index (Phi) is 5.66. The van der Waals surface area contributed by atoms with Crippen LogP contribution in [-0.4, -0.2) is 49.4 Å². The van der Waals surface area contributed by atoms with Crippen LogP contribution < -0.4 is 10.6 Å². The van der Waals surface area contributed by atoms with Gasteiger partial charge in [-0.05, 0) is 48.8 Å². The van der Waals surface area contributed by atoms with Crippen molar-refractivity contribution < 1.29 is 9.59 Å². The Labute approximate surface area is 148 Å². The highest BCUT2D eigenvalue weighted by Gasteiger charge is 2.21. The fourth-order valence-electron chi connectivity index (χ4n) is 3.29. The van der Waals surface area contributed by atoms with E-state index < -0.39 is 0 Å². The average Bonchev–Trinajstić information content (AvgIpc) is 2.67. The van der Waals surface area contributed by atoms with Gasteiger partial charge in [0.15, 0.2) is 0 Å². The van der Waals surface area contributed by atoms with Gasteiger partial charge in [-0.25, -0.2) is 0 Å². The maximum atomic E-state index is 12.3. The zero-order valence-corrected chi connectivity index (χ0v) is 14.6. The van der Waals surface area contributed by atoms with Crippen LogP contribution in [0.4, 0.5) is 0 Å². The number of hydrogen-bond acceptors (Lipinski definition) is 3. The van der Waals surface area contributed by atoms with E-state index >= 15 is 0 Å². The number of benzene rings is 2. The van der Waals surface area contributed by atoms with Gasteiger partial charge in [0.1, 0.15) is 0 Å². The van der Waals surface area contributed by atoms with E-state index in [9.17, 15) is 9.59 Å². The summed E-state index contributed by atoms with van der Waals surface area (Å²) in [6.07, 6.45) is 2.32. The molecule has 5 nitrogen and oxygen atoms in total. The molecule has 2 aromatic rings. The molecule has 0 saturated carbocycles. The van der Waals surface area contributed by atoms with Crippen molar-refractivity contribution in [2.24, 2.45) is 0 Å². The molecule has 1 fully saturated rings. The lowest BCUT2D eigenvalue weighted by Gasteiger charge is -2.31. The third-order valence-corrected chi connectivity index (χ3v) is 4.89. The molecule has 0 radical (unpaired) electrons. The van der Waals surface area contributed by atoms with Gasteiger partial charge in [0.2, 0.25) is 5.91 Å². The molecule has 132 valence electrons. The summed E-state index contributed by atoms with van der Waals surface area (Å²) in [5.74, 6) is -0.0474. The molecule has 25 heavy (non-hydrogen) atoms. The van der Waals surface area contributed by atoms with Crippen molar-refractivity contribution in [1.82, 2.24) is 15.5 Å². The second-order valence-electron chi connectivity index (χ2n) is 6.55. The van der Waals surface area contributed by atoms with E-state index in [4.69, 9.17) is 0 Å². The second kappa shape index (κ2) is 8.12. The number of carbonyl (C=O) groups excluding carboxylic acids is 2. The number of rotatable bonds is 5. The summed E-state index contributed by atoms with van der Waals surface area (Å²) in [6, 6.07) is 13.9. The highest BCUT2D eigenvalue weighted by Crippen LogP contribution is 2.15. The molecule has 1 saturated heterocycles. The number of nitrogens with one attached hydrogen (secondary N) is 2. The first-order chi connectivity index (χ1) is 12.1. The number of amides is 2. The van der Waals surface area contributed by atoms with Gasteiger partial charge in [-0.1, -0.05) is 30.3 Å². The topological polar surface area (TPSA) is 61.4 Å². The molecule has 0 bridgehead atoms. The maximum Gasteiger partial charge on any atom is 0.251 e. The molecule has 2 amide bonds. The van der Waals surface area contributed by atoms with Crippen LogP contribution in [0.2, 0.25) is 0 Å². The first-order valence-electron chi connectivity index (χ1n) is 8.88. The Bertz CT molecular complexity index is 753. The monoisotopic (exact) mass is 339 g/mol. The number of fused-ring (bicyclic) bond motifs is 1. The van der Waals surface area contributed by atoms with E-state index in [2.05, 4.69) is 10.6 Å². The number of nitrogens with zero attached hydrogens (tertiary/aromatic N) is 1. The minimum absolute atomic E-state index is 0.0886. The Balaban J connectivity index is 1.50. The molecule has 5 heteroatoms. The normalized spacial score (nSPS) is 15.1. The zero-order chi connectivity index (χ0) is 17.6. The summed E-state index contributed by atoms with van der Waals surface area (Å²) in [5, 5.41) is 8.30. The number of carbonyl (C=O) groups is 2. The largest absolute Gasteiger partial charge is 0.352 e. The van der Waals surface area contributed by atoms with Crippen molar-refractivity contribution in [1.29, 1.82) is 0 Å². The number of hydrogen-bond donors (Lipinski definition) is 2. The standard InChI is InChI=1S/C20H25N3O2/c1-23(18-8-11-21-12-9-18)19(24)10-13-22-20(25)17-7-6-15-4-2-3-5-16(15)14-17/h2-7,14,18,21H,8-13H2,1H3,(H,22,25). The van der Waals surface area contributed by atoms with Crippen LogP contribution in [0.1, 0.15) is 29.6 Å². The van der Waals surface area contributed by atoms with Crippen LogP contribution in [-0.2, 0) is 4.79 Å². The van der Waals surface area contributed by atoms with Gasteiger partial charge in [0.05, 0.1) is 0 Å². The molecule has 0 atom stereocenters. The van der Waals surface area contributed by atoms with Gasteiger partial charge in [-0.2, -0.15) is 0 Å². The van der Waals surface area contributed by atoms with Crippen molar-refractivity contribution in [3.63, 3.8) is 0 Å². The fraction of sp³-hybridized carbons (Fsp3) is 0.400. The van der Waals surface area contributed by atoms with Crippen LogP contribution in [0, 0.1) is 0 Å². The summed E-state index contributed by atoms with van der Waals surface area (Å²) in [5.41, 5.74) is 0.623. The van der Waals surface area contributed by atoms with Crippen LogP contribution in [0.25, 0.3) is 10.8 Å². The molecule has 2 aromatic carbocycles. The molecule has 0 aromatic heterocycles. The molecule has 1 aliphatic rings. The SMILES string of the molecule is CN(C(=O)CCNC(=O)c1ccc2ccccc2c1)C1CCNCC1. The van der Waals surface area contributed by atoms with E-state index in [1.54, 1.807) is 0 Å². The molecule has 0 aliphatic carbocycles. The summed E-state index contributed by atoms with van der Waals surface area (Å²) >= 11 is 0. The molecule has 0 spiro atoms. The first-order valence-corrected chi connectivity index (χ1v) is 8.88. The predicted molar refractivity (Wildman–Crippen MR) is 99.6 cm³/mol. The lowest BCUT2D eigenvalue weighted by atomic mass is 10.1. The van der Waals surface area contributed by atoms with E-state index in [0.29, 0.717) is 24.6 Å². The minimum Gasteiger partial charge on any atom is -0.352 e. The van der Waals surface area contributed by atoms with Crippen molar-refractivity contribution >= 4 is 22.6 Å². The van der Waals surface area contributed by atoms with Gasteiger partial charge < -0.3 is 15.5 Å². The van der Waals surface area contributed by atoms with Crippen molar-refractivity contribution in [3.05, 3.63) is 48.0 Å². The Morgan fingerprint density at radius 1 is 1.12 bits per heavy atom. The Hall–Kier alpha value is -2.40. The van der Waals surface area contributed by atoms with E-state index in [-0.39, 0.29) is 11.8 Å². The molecule has 0 unspecified atom stereocenters. The third kappa shape index (κ3) is 4.37. The highest BCUT2D eigenvalue weighted by atomic mass is 16.2. The maximum absolute atomic E-state index is 12.3. The molecule has 1 aliphatic heterocycles. The third-order valence-electron chi connectivity index (χ3n) is 4.89. The summed E-state index contributed by atoms with van der Waals surface area (Å²) < 4.78 is 0. The molecular formula is C20H25N3O2. The summed E-state index contributed by atoms with van der Waals surface area (Å²) in [4.78, 5) is 26.4. The fourth-order valence-corrected chi connectivity index (χ4v) is 3.29. The van der Waals surface area contributed by atoms with Crippen molar-refractivity contribution in [3.8, 4) is 0 Å². The Morgan fingerprint density at radius 3 is 2.60 bits per heavy atom. The Morgan fingerprint density at radius 2 is 1.84 bits per heavy atom. The first kappa shape index (κ1) is 17.4. The lowest BCUT2D eigenvalue weighted by molar-refractivity contribution is -0.132. The molecule has 3 rings (SSSR count). The van der Waals surface area contributed by atoms with Gasteiger partial charge in [0, 0.05) is 31.6 Å². The number of piperidine rings is 1.